The second-order valence-electron chi connectivity index (χ2n) is 9.57. The van der Waals surface area contributed by atoms with Gasteiger partial charge in [0.05, 0.1) is 36.2 Å². The summed E-state index contributed by atoms with van der Waals surface area (Å²) in [6.07, 6.45) is 2.88. The van der Waals surface area contributed by atoms with Crippen molar-refractivity contribution >= 4 is 22.7 Å². The van der Waals surface area contributed by atoms with Gasteiger partial charge in [0.1, 0.15) is 6.04 Å². The van der Waals surface area contributed by atoms with Gasteiger partial charge >= 0.3 is 0 Å². The van der Waals surface area contributed by atoms with E-state index in [1.165, 1.54) is 4.90 Å². The number of β-amino-alcohol motifs (C(OH)–C–C–N with tert-alkyl or cyclic N) is 1. The summed E-state index contributed by atoms with van der Waals surface area (Å²) in [5, 5.41) is 35.7. The number of nitrogens with one attached hydrogen (secondary N) is 2. The lowest BCUT2D eigenvalue weighted by Gasteiger charge is -2.29. The van der Waals surface area contributed by atoms with Crippen molar-refractivity contribution in [1.29, 1.82) is 0 Å². The van der Waals surface area contributed by atoms with Crippen LogP contribution >= 0.6 is 0 Å². The van der Waals surface area contributed by atoms with E-state index in [1.54, 1.807) is 12.4 Å². The van der Waals surface area contributed by atoms with Crippen LogP contribution in [0.1, 0.15) is 73.4 Å². The maximum absolute atomic E-state index is 13.3. The van der Waals surface area contributed by atoms with Crippen molar-refractivity contribution in [2.45, 2.75) is 86.5 Å². The largest absolute Gasteiger partial charge is 0.394 e. The lowest BCUT2D eigenvalue weighted by molar-refractivity contribution is -0.142. The van der Waals surface area contributed by atoms with E-state index in [4.69, 9.17) is 0 Å². The van der Waals surface area contributed by atoms with Crippen LogP contribution in [0, 0.1) is 11.8 Å². The number of aliphatic hydroxyl groups is 2. The number of rotatable bonds is 8. The number of amides is 2. The van der Waals surface area contributed by atoms with E-state index in [0.29, 0.717) is 11.1 Å². The molecular weight excluding hydrogens is 496 g/mol. The zero-order chi connectivity index (χ0) is 29.3. The summed E-state index contributed by atoms with van der Waals surface area (Å²) in [4.78, 5) is 27.7. The SMILES string of the molecule is CC.CC.CCn1nccc1-c1ccc(C(CO)NC(=O)C2CC(O)CN2C(=O)C(C)C(C)C)c2[nH]ncc12. The predicted molar refractivity (Wildman–Crippen MR) is 154 cm³/mol. The normalized spacial score (nSPS) is 18.2. The average Bonchev–Trinajstić information content (AvgIpc) is 3.72. The molecule has 4 unspecified atom stereocenters. The van der Waals surface area contributed by atoms with E-state index in [0.717, 1.165) is 23.2 Å². The number of H-pyrrole nitrogens is 1. The van der Waals surface area contributed by atoms with E-state index in [-0.39, 0.29) is 37.3 Å². The number of fused-ring (bicyclic) bond motifs is 1. The molecule has 0 spiro atoms. The second kappa shape index (κ2) is 14.8. The van der Waals surface area contributed by atoms with Crippen molar-refractivity contribution in [3.63, 3.8) is 0 Å². The maximum Gasteiger partial charge on any atom is 0.243 e. The molecule has 0 radical (unpaired) electrons. The Morgan fingerprint density at radius 2 is 1.85 bits per heavy atom. The van der Waals surface area contributed by atoms with Gasteiger partial charge in [-0.15, -0.1) is 0 Å². The molecule has 2 aromatic heterocycles. The van der Waals surface area contributed by atoms with Crippen LogP contribution in [0.15, 0.2) is 30.6 Å². The molecule has 4 N–H and O–H groups in total. The van der Waals surface area contributed by atoms with E-state index in [2.05, 4.69) is 20.6 Å². The van der Waals surface area contributed by atoms with Gasteiger partial charge in [-0.2, -0.15) is 10.2 Å². The Balaban J connectivity index is 0.00000127. The third-order valence-corrected chi connectivity index (χ3v) is 7.07. The molecule has 10 nitrogen and oxygen atoms in total. The molecule has 4 atom stereocenters. The molecule has 1 aromatic carbocycles. The summed E-state index contributed by atoms with van der Waals surface area (Å²) in [5.74, 6) is -0.695. The summed E-state index contributed by atoms with van der Waals surface area (Å²) in [6, 6.07) is 4.23. The van der Waals surface area contributed by atoms with Crippen molar-refractivity contribution in [3.8, 4) is 11.3 Å². The van der Waals surface area contributed by atoms with Crippen molar-refractivity contribution < 1.29 is 19.8 Å². The molecule has 3 heterocycles. The molecule has 1 aliphatic heterocycles. The molecule has 4 rings (SSSR count). The first-order valence-corrected chi connectivity index (χ1v) is 14.1. The number of hydrogen-bond acceptors (Lipinski definition) is 6. The maximum atomic E-state index is 13.3. The van der Waals surface area contributed by atoms with Gasteiger partial charge in [0.2, 0.25) is 11.8 Å². The number of hydrogen-bond donors (Lipinski definition) is 4. The van der Waals surface area contributed by atoms with Crippen molar-refractivity contribution in [2.75, 3.05) is 13.2 Å². The van der Waals surface area contributed by atoms with E-state index in [9.17, 15) is 19.8 Å². The van der Waals surface area contributed by atoms with E-state index in [1.807, 2.05) is 78.3 Å². The van der Waals surface area contributed by atoms with E-state index >= 15 is 0 Å². The van der Waals surface area contributed by atoms with Gasteiger partial charge in [0, 0.05) is 48.1 Å². The molecule has 10 heteroatoms. The number of carbonyl (C=O) groups is 2. The fourth-order valence-corrected chi connectivity index (χ4v) is 4.73. The van der Waals surface area contributed by atoms with Gasteiger partial charge in [0.25, 0.3) is 0 Å². The Labute approximate surface area is 231 Å². The predicted octanol–water partition coefficient (Wildman–Crippen LogP) is 3.90. The first-order chi connectivity index (χ1) is 18.8. The second-order valence-corrected chi connectivity index (χ2v) is 9.57. The molecule has 2 amide bonds. The first-order valence-electron chi connectivity index (χ1n) is 14.1. The Hall–Kier alpha value is -3.24. The molecule has 216 valence electrons. The standard InChI is InChI=1S/C25H34N6O4.2C2H6/c1-5-31-21(8-9-27-31)17-6-7-18(23-19(17)11-26-29-23)20(13-32)28-24(34)22-10-16(33)12-30(22)25(35)15(4)14(2)3;2*1-2/h6-9,11,14-16,20,22,32-33H,5,10,12-13H2,1-4H3,(H,26,29)(H,28,34);2*1-2H3. The minimum Gasteiger partial charge on any atom is -0.394 e. The molecule has 0 saturated carbocycles. The van der Waals surface area contributed by atoms with E-state index < -0.39 is 24.1 Å². The monoisotopic (exact) mass is 542 g/mol. The van der Waals surface area contributed by atoms with Crippen LogP contribution in [0.2, 0.25) is 0 Å². The number of aromatic nitrogens is 4. The minimum atomic E-state index is -0.789. The van der Waals surface area contributed by atoms with Crippen LogP contribution in [0.25, 0.3) is 22.2 Å². The Morgan fingerprint density at radius 3 is 2.46 bits per heavy atom. The van der Waals surface area contributed by atoms with Crippen LogP contribution in [0.5, 0.6) is 0 Å². The third-order valence-electron chi connectivity index (χ3n) is 7.07. The number of carbonyl (C=O) groups excluding carboxylic acids is 2. The lowest BCUT2D eigenvalue weighted by atomic mass is 9.96. The van der Waals surface area contributed by atoms with Crippen LogP contribution in [-0.4, -0.2) is 72.2 Å². The summed E-state index contributed by atoms with van der Waals surface area (Å²) in [5.41, 5.74) is 3.28. The zero-order valence-corrected chi connectivity index (χ0v) is 24.6. The van der Waals surface area contributed by atoms with Gasteiger partial charge in [-0.1, -0.05) is 60.6 Å². The summed E-state index contributed by atoms with van der Waals surface area (Å²) in [7, 11) is 0. The quantitative estimate of drug-likeness (QED) is 0.341. The zero-order valence-electron chi connectivity index (χ0n) is 24.6. The number of aliphatic hydroxyl groups excluding tert-OH is 2. The number of likely N-dealkylation sites (tertiary alicyclic amines) is 1. The Morgan fingerprint density at radius 1 is 1.15 bits per heavy atom. The smallest absolute Gasteiger partial charge is 0.243 e. The minimum absolute atomic E-state index is 0.116. The lowest BCUT2D eigenvalue weighted by Crippen LogP contribution is -2.49. The number of aryl methyl sites for hydroxylation is 1. The summed E-state index contributed by atoms with van der Waals surface area (Å²) >= 11 is 0. The highest BCUT2D eigenvalue weighted by Gasteiger charge is 2.41. The highest BCUT2D eigenvalue weighted by atomic mass is 16.3. The third kappa shape index (κ3) is 6.86. The molecule has 0 aliphatic carbocycles. The van der Waals surface area contributed by atoms with Gasteiger partial charge in [-0.3, -0.25) is 19.4 Å². The number of aromatic amines is 1. The topological polar surface area (TPSA) is 136 Å². The molecular formula is C29H46N6O4. The summed E-state index contributed by atoms with van der Waals surface area (Å²) in [6.45, 7) is 16.3. The van der Waals surface area contributed by atoms with Gasteiger partial charge in [-0.05, 0) is 18.9 Å². The number of nitrogens with zero attached hydrogens (tertiary/aromatic N) is 4. The molecule has 3 aromatic rings. The van der Waals surface area contributed by atoms with Crippen molar-refractivity contribution in [1.82, 2.24) is 30.2 Å². The highest BCUT2D eigenvalue weighted by molar-refractivity contribution is 5.96. The van der Waals surface area contributed by atoms with Gasteiger partial charge in [-0.25, -0.2) is 0 Å². The number of benzene rings is 1. The molecule has 1 aliphatic rings. The highest BCUT2D eigenvalue weighted by Crippen LogP contribution is 2.32. The average molecular weight is 543 g/mol. The molecule has 39 heavy (non-hydrogen) atoms. The Kier molecular flexibility index (Phi) is 12.1. The van der Waals surface area contributed by atoms with Crippen LogP contribution in [0.4, 0.5) is 0 Å². The van der Waals surface area contributed by atoms with Crippen LogP contribution in [-0.2, 0) is 16.1 Å². The van der Waals surface area contributed by atoms with Crippen molar-refractivity contribution in [3.05, 3.63) is 36.2 Å². The molecule has 1 fully saturated rings. The molecule has 1 saturated heterocycles. The van der Waals surface area contributed by atoms with Gasteiger partial charge in [0.15, 0.2) is 0 Å². The summed E-state index contributed by atoms with van der Waals surface area (Å²) < 4.78 is 1.89. The van der Waals surface area contributed by atoms with Crippen LogP contribution in [0.3, 0.4) is 0 Å². The fourth-order valence-electron chi connectivity index (χ4n) is 4.73. The van der Waals surface area contributed by atoms with Gasteiger partial charge < -0.3 is 20.4 Å². The Bertz CT molecular complexity index is 1200. The fraction of sp³-hybridized carbons (Fsp3) is 0.586. The first kappa shape index (κ1) is 32.0. The molecule has 0 bridgehead atoms. The van der Waals surface area contributed by atoms with Crippen molar-refractivity contribution in [2.24, 2.45) is 11.8 Å². The van der Waals surface area contributed by atoms with Crippen LogP contribution < -0.4 is 5.32 Å².